The first kappa shape index (κ1) is 13.6. The normalized spacial score (nSPS) is 22.6. The minimum Gasteiger partial charge on any atom is -0.310 e. The lowest BCUT2D eigenvalue weighted by atomic mass is 10.0. The molecule has 1 fully saturated rings. The summed E-state index contributed by atoms with van der Waals surface area (Å²) in [6, 6.07) is 9.69. The maximum absolute atomic E-state index is 3.59. The van der Waals surface area contributed by atoms with Gasteiger partial charge in [0.15, 0.2) is 0 Å². The molecule has 1 atom stereocenters. The van der Waals surface area contributed by atoms with Crippen LogP contribution in [-0.4, -0.2) is 30.1 Å². The van der Waals surface area contributed by atoms with Crippen molar-refractivity contribution in [3.8, 4) is 0 Å². The van der Waals surface area contributed by atoms with Gasteiger partial charge in [0.05, 0.1) is 0 Å². The molecule has 0 radical (unpaired) electrons. The number of benzene rings is 1. The van der Waals surface area contributed by atoms with Crippen LogP contribution in [0, 0.1) is 0 Å². The van der Waals surface area contributed by atoms with E-state index in [0.717, 1.165) is 19.5 Å². The van der Waals surface area contributed by atoms with Crippen molar-refractivity contribution in [3.05, 3.63) is 35.4 Å². The van der Waals surface area contributed by atoms with Crippen LogP contribution in [0.5, 0.6) is 0 Å². The van der Waals surface area contributed by atoms with Crippen molar-refractivity contribution in [1.82, 2.24) is 10.2 Å². The Morgan fingerprint density at radius 2 is 1.83 bits per heavy atom. The van der Waals surface area contributed by atoms with Crippen LogP contribution >= 0.6 is 0 Å². The van der Waals surface area contributed by atoms with Gasteiger partial charge in [-0.05, 0) is 44.9 Å². The summed E-state index contributed by atoms with van der Waals surface area (Å²) in [7, 11) is 2.24. The maximum atomic E-state index is 3.59. The second-order valence-corrected chi connectivity index (χ2v) is 6.21. The summed E-state index contributed by atoms with van der Waals surface area (Å²) in [6.45, 7) is 8.93. The molecule has 0 aliphatic carbocycles. The summed E-state index contributed by atoms with van der Waals surface area (Å²) >= 11 is 0. The first-order valence-corrected chi connectivity index (χ1v) is 7.03. The molecule has 2 heteroatoms. The Morgan fingerprint density at radius 3 is 2.33 bits per heavy atom. The van der Waals surface area contributed by atoms with Gasteiger partial charge in [0.2, 0.25) is 0 Å². The van der Waals surface area contributed by atoms with Crippen LogP contribution in [-0.2, 0) is 13.0 Å². The van der Waals surface area contributed by atoms with E-state index < -0.39 is 0 Å². The molecule has 0 bridgehead atoms. The molecule has 100 valence electrons. The third-order valence-corrected chi connectivity index (χ3v) is 4.05. The number of aryl methyl sites for hydroxylation is 1. The van der Waals surface area contributed by atoms with E-state index in [0.29, 0.717) is 11.6 Å². The lowest BCUT2D eigenvalue weighted by Gasteiger charge is -2.25. The zero-order valence-electron chi connectivity index (χ0n) is 12.2. The predicted molar refractivity (Wildman–Crippen MR) is 77.8 cm³/mol. The fourth-order valence-corrected chi connectivity index (χ4v) is 2.74. The van der Waals surface area contributed by atoms with Gasteiger partial charge in [0, 0.05) is 24.7 Å². The van der Waals surface area contributed by atoms with Gasteiger partial charge in [-0.3, -0.25) is 4.90 Å². The van der Waals surface area contributed by atoms with E-state index in [1.807, 2.05) is 0 Å². The number of hydrogen-bond acceptors (Lipinski definition) is 2. The monoisotopic (exact) mass is 246 g/mol. The van der Waals surface area contributed by atoms with Crippen molar-refractivity contribution in [2.75, 3.05) is 13.6 Å². The molecular weight excluding hydrogens is 220 g/mol. The molecule has 1 aliphatic heterocycles. The van der Waals surface area contributed by atoms with Gasteiger partial charge in [0.1, 0.15) is 0 Å². The minimum atomic E-state index is 0.297. The van der Waals surface area contributed by atoms with Gasteiger partial charge in [-0.1, -0.05) is 31.2 Å². The summed E-state index contributed by atoms with van der Waals surface area (Å²) in [5.41, 5.74) is 3.13. The van der Waals surface area contributed by atoms with Crippen molar-refractivity contribution in [1.29, 1.82) is 0 Å². The molecule has 2 nitrogen and oxygen atoms in total. The van der Waals surface area contributed by atoms with Crippen molar-refractivity contribution < 1.29 is 0 Å². The van der Waals surface area contributed by atoms with E-state index in [1.165, 1.54) is 17.5 Å². The van der Waals surface area contributed by atoms with Gasteiger partial charge in [0.25, 0.3) is 0 Å². The van der Waals surface area contributed by atoms with E-state index >= 15 is 0 Å². The van der Waals surface area contributed by atoms with Crippen molar-refractivity contribution in [3.63, 3.8) is 0 Å². The zero-order chi connectivity index (χ0) is 13.2. The third-order valence-electron chi connectivity index (χ3n) is 4.05. The van der Waals surface area contributed by atoms with Crippen molar-refractivity contribution in [2.24, 2.45) is 0 Å². The number of nitrogens with one attached hydrogen (secondary N) is 1. The zero-order valence-corrected chi connectivity index (χ0v) is 12.2. The van der Waals surface area contributed by atoms with E-state index in [1.54, 1.807) is 0 Å². The quantitative estimate of drug-likeness (QED) is 0.879. The fraction of sp³-hybridized carbons (Fsp3) is 0.625. The summed E-state index contributed by atoms with van der Waals surface area (Å²) < 4.78 is 0. The lowest BCUT2D eigenvalue weighted by Crippen LogP contribution is -2.32. The summed E-state index contributed by atoms with van der Waals surface area (Å²) in [5, 5.41) is 3.59. The highest BCUT2D eigenvalue weighted by Crippen LogP contribution is 2.22. The first-order valence-electron chi connectivity index (χ1n) is 7.03. The summed E-state index contributed by atoms with van der Waals surface area (Å²) in [5.74, 6) is 0. The highest BCUT2D eigenvalue weighted by atomic mass is 15.2. The molecule has 1 aromatic rings. The largest absolute Gasteiger partial charge is 0.310 e. The second kappa shape index (κ2) is 5.41. The van der Waals surface area contributed by atoms with Gasteiger partial charge in [-0.15, -0.1) is 0 Å². The van der Waals surface area contributed by atoms with Crippen LogP contribution in [0.25, 0.3) is 0 Å². The molecule has 0 spiro atoms. The molecule has 18 heavy (non-hydrogen) atoms. The topological polar surface area (TPSA) is 15.3 Å². The van der Waals surface area contributed by atoms with Gasteiger partial charge < -0.3 is 5.32 Å². The van der Waals surface area contributed by atoms with Crippen LogP contribution in [0.1, 0.15) is 38.3 Å². The molecule has 0 saturated carbocycles. The fourth-order valence-electron chi connectivity index (χ4n) is 2.74. The van der Waals surface area contributed by atoms with Crippen molar-refractivity contribution >= 4 is 0 Å². The number of rotatable bonds is 4. The Hall–Kier alpha value is -0.860. The molecule has 2 rings (SSSR count). The van der Waals surface area contributed by atoms with Gasteiger partial charge >= 0.3 is 0 Å². The minimum absolute atomic E-state index is 0.297. The molecule has 1 unspecified atom stereocenters. The van der Waals surface area contributed by atoms with Crippen LogP contribution in [0.2, 0.25) is 0 Å². The van der Waals surface area contributed by atoms with Crippen LogP contribution in [0.3, 0.4) is 0 Å². The highest BCUT2D eigenvalue weighted by Gasteiger charge is 2.32. The molecular formula is C16H26N2. The maximum Gasteiger partial charge on any atom is 0.0238 e. The Balaban J connectivity index is 1.92. The van der Waals surface area contributed by atoms with Gasteiger partial charge in [-0.25, -0.2) is 0 Å². The Kier molecular flexibility index (Phi) is 4.08. The average molecular weight is 246 g/mol. The second-order valence-electron chi connectivity index (χ2n) is 6.21. The van der Waals surface area contributed by atoms with E-state index in [-0.39, 0.29) is 0 Å². The van der Waals surface area contributed by atoms with Crippen molar-refractivity contribution in [2.45, 2.75) is 51.7 Å². The SMILES string of the molecule is CCc1ccc(CN(C)C2CNC(C)(C)C2)cc1. The molecule has 1 aromatic carbocycles. The predicted octanol–water partition coefficient (Wildman–Crippen LogP) is 2.82. The third kappa shape index (κ3) is 3.33. The lowest BCUT2D eigenvalue weighted by molar-refractivity contribution is 0.240. The summed E-state index contributed by atoms with van der Waals surface area (Å²) in [6.07, 6.45) is 2.35. The number of hydrogen-bond donors (Lipinski definition) is 1. The van der Waals surface area contributed by atoms with Crippen LogP contribution < -0.4 is 5.32 Å². The number of likely N-dealkylation sites (N-methyl/N-ethyl adjacent to an activating group) is 1. The van der Waals surface area contributed by atoms with Crippen LogP contribution in [0.15, 0.2) is 24.3 Å². The van der Waals surface area contributed by atoms with Crippen LogP contribution in [0.4, 0.5) is 0 Å². The van der Waals surface area contributed by atoms with E-state index in [2.05, 4.69) is 62.3 Å². The first-order chi connectivity index (χ1) is 8.50. The van der Waals surface area contributed by atoms with Gasteiger partial charge in [-0.2, -0.15) is 0 Å². The Morgan fingerprint density at radius 1 is 1.22 bits per heavy atom. The Labute approximate surface area is 111 Å². The molecule has 1 heterocycles. The molecule has 1 N–H and O–H groups in total. The molecule has 0 amide bonds. The molecule has 1 saturated heterocycles. The highest BCUT2D eigenvalue weighted by molar-refractivity contribution is 5.22. The standard InChI is InChI=1S/C16H26N2/c1-5-13-6-8-14(9-7-13)12-18(4)15-10-16(2,3)17-11-15/h6-9,15,17H,5,10-12H2,1-4H3. The molecule has 0 aromatic heterocycles. The summed E-state index contributed by atoms with van der Waals surface area (Å²) in [4.78, 5) is 2.47. The number of nitrogens with zero attached hydrogens (tertiary/aromatic N) is 1. The van der Waals surface area contributed by atoms with E-state index in [4.69, 9.17) is 0 Å². The molecule has 1 aliphatic rings. The van der Waals surface area contributed by atoms with E-state index in [9.17, 15) is 0 Å². The Bertz CT molecular complexity index is 381. The average Bonchev–Trinajstić information content (AvgIpc) is 2.71. The smallest absolute Gasteiger partial charge is 0.0238 e.